The number of nitrogens with one attached hydrogen (secondary N) is 1. The average Bonchev–Trinajstić information content (AvgIpc) is 2.98. The zero-order valence-corrected chi connectivity index (χ0v) is 14.0. The first kappa shape index (κ1) is 16.3. The van der Waals surface area contributed by atoms with Crippen LogP contribution >= 0.6 is 0 Å². The van der Waals surface area contributed by atoms with Gasteiger partial charge in [-0.1, -0.05) is 29.8 Å². The molecule has 5 heteroatoms. The summed E-state index contributed by atoms with van der Waals surface area (Å²) in [5.41, 5.74) is 2.82. The van der Waals surface area contributed by atoms with Crippen LogP contribution in [0.5, 0.6) is 0 Å². The van der Waals surface area contributed by atoms with Gasteiger partial charge in [-0.3, -0.25) is 9.59 Å². The van der Waals surface area contributed by atoms with Gasteiger partial charge >= 0.3 is 0 Å². The van der Waals surface area contributed by atoms with E-state index >= 15 is 0 Å². The van der Waals surface area contributed by atoms with Gasteiger partial charge in [0.2, 0.25) is 5.91 Å². The average molecular weight is 325 g/mol. The van der Waals surface area contributed by atoms with Crippen LogP contribution in [0.1, 0.15) is 28.0 Å². The van der Waals surface area contributed by atoms with Crippen LogP contribution in [-0.2, 0) is 11.2 Å². The first-order valence-electron chi connectivity index (χ1n) is 8.39. The molecule has 3 rings (SSSR count). The summed E-state index contributed by atoms with van der Waals surface area (Å²) in [4.78, 5) is 31.6. The third kappa shape index (κ3) is 3.85. The van der Waals surface area contributed by atoms with Crippen LogP contribution in [0.3, 0.4) is 0 Å². The minimum absolute atomic E-state index is 0.00739. The quantitative estimate of drug-likeness (QED) is 0.941. The SMILES string of the molecule is Cc1cccc(CC(=O)N2CCCN(C(=O)c3ccc[nH]3)CC2)c1. The van der Waals surface area contributed by atoms with Crippen molar-refractivity contribution in [1.82, 2.24) is 14.8 Å². The van der Waals surface area contributed by atoms with E-state index in [2.05, 4.69) is 11.1 Å². The number of benzene rings is 1. The van der Waals surface area contributed by atoms with Crippen LogP contribution in [0.25, 0.3) is 0 Å². The van der Waals surface area contributed by atoms with Gasteiger partial charge in [0.05, 0.1) is 6.42 Å². The normalized spacial score (nSPS) is 15.2. The van der Waals surface area contributed by atoms with Crippen molar-refractivity contribution in [3.63, 3.8) is 0 Å². The van der Waals surface area contributed by atoms with Gasteiger partial charge in [0.25, 0.3) is 5.91 Å². The highest BCUT2D eigenvalue weighted by Crippen LogP contribution is 2.11. The molecule has 2 heterocycles. The number of aromatic nitrogens is 1. The van der Waals surface area contributed by atoms with E-state index in [1.165, 1.54) is 5.56 Å². The lowest BCUT2D eigenvalue weighted by atomic mass is 10.1. The van der Waals surface area contributed by atoms with Crippen LogP contribution in [0.15, 0.2) is 42.6 Å². The number of aryl methyl sites for hydroxylation is 1. The molecule has 2 amide bonds. The summed E-state index contributed by atoms with van der Waals surface area (Å²) in [5.74, 6) is 0.141. The Labute approximate surface area is 142 Å². The molecule has 24 heavy (non-hydrogen) atoms. The summed E-state index contributed by atoms with van der Waals surface area (Å²) in [7, 11) is 0. The fraction of sp³-hybridized carbons (Fsp3) is 0.368. The van der Waals surface area contributed by atoms with Gasteiger partial charge in [-0.15, -0.1) is 0 Å². The molecule has 1 fully saturated rings. The van der Waals surface area contributed by atoms with Gasteiger partial charge in [-0.2, -0.15) is 0 Å². The number of hydrogen-bond donors (Lipinski definition) is 1. The zero-order valence-electron chi connectivity index (χ0n) is 14.0. The third-order valence-electron chi connectivity index (χ3n) is 4.40. The van der Waals surface area contributed by atoms with Crippen molar-refractivity contribution in [2.24, 2.45) is 0 Å². The molecule has 1 aromatic carbocycles. The molecule has 2 aromatic rings. The van der Waals surface area contributed by atoms with Crippen LogP contribution in [-0.4, -0.2) is 52.8 Å². The van der Waals surface area contributed by atoms with E-state index in [-0.39, 0.29) is 11.8 Å². The molecule has 1 aromatic heterocycles. The minimum atomic E-state index is 0.00739. The van der Waals surface area contributed by atoms with E-state index < -0.39 is 0 Å². The van der Waals surface area contributed by atoms with Gasteiger partial charge < -0.3 is 14.8 Å². The van der Waals surface area contributed by atoms with Gasteiger partial charge in [0.15, 0.2) is 0 Å². The van der Waals surface area contributed by atoms with E-state index in [1.54, 1.807) is 12.3 Å². The Balaban J connectivity index is 1.59. The van der Waals surface area contributed by atoms with E-state index in [1.807, 2.05) is 41.0 Å². The lowest BCUT2D eigenvalue weighted by Crippen LogP contribution is -2.38. The summed E-state index contributed by atoms with van der Waals surface area (Å²) in [5, 5.41) is 0. The summed E-state index contributed by atoms with van der Waals surface area (Å²) in [6.07, 6.45) is 2.99. The first-order chi connectivity index (χ1) is 11.6. The summed E-state index contributed by atoms with van der Waals surface area (Å²) in [6, 6.07) is 11.7. The van der Waals surface area contributed by atoms with Crippen molar-refractivity contribution in [1.29, 1.82) is 0 Å². The lowest BCUT2D eigenvalue weighted by molar-refractivity contribution is -0.130. The Morgan fingerprint density at radius 3 is 2.58 bits per heavy atom. The maximum absolute atomic E-state index is 12.6. The van der Waals surface area contributed by atoms with E-state index in [0.29, 0.717) is 38.3 Å². The third-order valence-corrected chi connectivity index (χ3v) is 4.40. The summed E-state index contributed by atoms with van der Waals surface area (Å²) < 4.78 is 0. The predicted molar refractivity (Wildman–Crippen MR) is 92.8 cm³/mol. The lowest BCUT2D eigenvalue weighted by Gasteiger charge is -2.22. The molecule has 0 saturated carbocycles. The monoisotopic (exact) mass is 325 g/mol. The molecular weight excluding hydrogens is 302 g/mol. The smallest absolute Gasteiger partial charge is 0.270 e. The van der Waals surface area contributed by atoms with Gasteiger partial charge in [0.1, 0.15) is 5.69 Å². The van der Waals surface area contributed by atoms with Crippen LogP contribution in [0, 0.1) is 6.92 Å². The number of hydrogen-bond acceptors (Lipinski definition) is 2. The number of amides is 2. The van der Waals surface area contributed by atoms with Crippen LogP contribution in [0.2, 0.25) is 0 Å². The van der Waals surface area contributed by atoms with Crippen molar-refractivity contribution < 1.29 is 9.59 Å². The predicted octanol–water partition coefficient (Wildman–Crippen LogP) is 2.24. The molecule has 1 saturated heterocycles. The number of carbonyl (C=O) groups excluding carboxylic acids is 2. The molecule has 0 spiro atoms. The highest BCUT2D eigenvalue weighted by atomic mass is 16.2. The van der Waals surface area contributed by atoms with Gasteiger partial charge in [-0.25, -0.2) is 0 Å². The van der Waals surface area contributed by atoms with Crippen molar-refractivity contribution in [3.8, 4) is 0 Å². The molecular formula is C19H23N3O2. The Kier molecular flexibility index (Phi) is 4.99. The van der Waals surface area contributed by atoms with Crippen molar-refractivity contribution in [2.75, 3.05) is 26.2 Å². The van der Waals surface area contributed by atoms with Gasteiger partial charge in [0, 0.05) is 32.4 Å². The Morgan fingerprint density at radius 2 is 1.83 bits per heavy atom. The first-order valence-corrected chi connectivity index (χ1v) is 8.39. The molecule has 5 nitrogen and oxygen atoms in total. The number of aromatic amines is 1. The second kappa shape index (κ2) is 7.34. The van der Waals surface area contributed by atoms with Crippen LogP contribution in [0.4, 0.5) is 0 Å². The Morgan fingerprint density at radius 1 is 1.04 bits per heavy atom. The van der Waals surface area contributed by atoms with Crippen molar-refractivity contribution in [2.45, 2.75) is 19.8 Å². The minimum Gasteiger partial charge on any atom is -0.357 e. The van der Waals surface area contributed by atoms with E-state index in [0.717, 1.165) is 12.0 Å². The molecule has 0 radical (unpaired) electrons. The number of H-pyrrole nitrogens is 1. The molecule has 0 atom stereocenters. The zero-order chi connectivity index (χ0) is 16.9. The highest BCUT2D eigenvalue weighted by Gasteiger charge is 2.23. The second-order valence-corrected chi connectivity index (χ2v) is 6.28. The summed E-state index contributed by atoms with van der Waals surface area (Å²) in [6.45, 7) is 4.60. The van der Waals surface area contributed by atoms with Gasteiger partial charge in [-0.05, 0) is 31.0 Å². The van der Waals surface area contributed by atoms with Crippen molar-refractivity contribution >= 4 is 11.8 Å². The van der Waals surface area contributed by atoms with E-state index in [4.69, 9.17) is 0 Å². The van der Waals surface area contributed by atoms with E-state index in [9.17, 15) is 9.59 Å². The maximum atomic E-state index is 12.6. The molecule has 0 unspecified atom stereocenters. The number of carbonyl (C=O) groups is 2. The topological polar surface area (TPSA) is 56.4 Å². The highest BCUT2D eigenvalue weighted by molar-refractivity contribution is 5.92. The molecule has 1 aliphatic rings. The molecule has 126 valence electrons. The fourth-order valence-corrected chi connectivity index (χ4v) is 3.11. The standard InChI is InChI=1S/C19H23N3O2/c1-15-5-2-6-16(13-15)14-18(23)21-9-4-10-22(12-11-21)19(24)17-7-3-8-20-17/h2-3,5-8,13,20H,4,9-12,14H2,1H3. The Bertz CT molecular complexity index is 709. The number of nitrogens with zero attached hydrogens (tertiary/aromatic N) is 2. The van der Waals surface area contributed by atoms with Crippen LogP contribution < -0.4 is 0 Å². The fourth-order valence-electron chi connectivity index (χ4n) is 3.11. The number of rotatable bonds is 3. The maximum Gasteiger partial charge on any atom is 0.270 e. The molecule has 0 aliphatic carbocycles. The molecule has 1 aliphatic heterocycles. The largest absolute Gasteiger partial charge is 0.357 e. The van der Waals surface area contributed by atoms with Crippen molar-refractivity contribution in [3.05, 3.63) is 59.4 Å². The molecule has 0 bridgehead atoms. The summed E-state index contributed by atoms with van der Waals surface area (Å²) >= 11 is 0. The Hall–Kier alpha value is -2.56. The second-order valence-electron chi connectivity index (χ2n) is 6.28. The molecule has 1 N–H and O–H groups in total.